The molecule has 0 saturated heterocycles. The molecule has 0 aliphatic rings. The number of nitrogens with zero attached hydrogens (tertiary/aromatic N) is 2. The lowest BCUT2D eigenvalue weighted by molar-refractivity contribution is 0.0601. The van der Waals surface area contributed by atoms with Crippen LogP contribution in [0, 0.1) is 6.92 Å². The number of para-hydroxylation sites is 1. The number of ether oxygens (including phenoxy) is 2. The maximum absolute atomic E-state index is 12.3. The summed E-state index contributed by atoms with van der Waals surface area (Å²) in [5.74, 6) is 1.19. The Bertz CT molecular complexity index is 1330. The fourth-order valence-electron chi connectivity index (χ4n) is 3.71. The maximum Gasteiger partial charge on any atom is 0.341 e. The third-order valence-corrected chi connectivity index (χ3v) is 6.56. The lowest BCUT2D eigenvalue weighted by Gasteiger charge is -2.10. The molecule has 0 saturated carbocycles. The monoisotopic (exact) mass is 506 g/mol. The molecule has 0 aliphatic heterocycles. The molecule has 2 aromatic heterocycles. The van der Waals surface area contributed by atoms with Gasteiger partial charge in [-0.15, -0.1) is 11.3 Å². The van der Waals surface area contributed by atoms with Gasteiger partial charge in [-0.25, -0.2) is 4.79 Å². The number of esters is 1. The molecule has 0 radical (unpaired) electrons. The number of nitrogens with one attached hydrogen (secondary N) is 2. The molecule has 35 heavy (non-hydrogen) atoms. The van der Waals surface area contributed by atoms with Gasteiger partial charge in [0.1, 0.15) is 16.5 Å². The molecule has 0 spiro atoms. The van der Waals surface area contributed by atoms with E-state index in [4.69, 9.17) is 21.7 Å². The second kappa shape index (κ2) is 11.2. The van der Waals surface area contributed by atoms with Crippen LogP contribution in [0.4, 0.5) is 10.7 Å². The highest BCUT2D eigenvalue weighted by molar-refractivity contribution is 7.80. The van der Waals surface area contributed by atoms with Gasteiger partial charge in [0.2, 0.25) is 0 Å². The molecule has 2 N–H and O–H groups in total. The Morgan fingerprint density at radius 3 is 2.63 bits per heavy atom. The van der Waals surface area contributed by atoms with Gasteiger partial charge in [0.15, 0.2) is 5.11 Å². The highest BCUT2D eigenvalue weighted by Crippen LogP contribution is 2.34. The molecule has 2 heterocycles. The fourth-order valence-corrected chi connectivity index (χ4v) is 5.13. The van der Waals surface area contributed by atoms with E-state index in [1.54, 1.807) is 6.20 Å². The predicted molar refractivity (Wildman–Crippen MR) is 144 cm³/mol. The molecule has 2 aromatic carbocycles. The van der Waals surface area contributed by atoms with Crippen molar-refractivity contribution < 1.29 is 14.3 Å². The zero-order chi connectivity index (χ0) is 24.8. The highest BCUT2D eigenvalue weighted by atomic mass is 32.1. The topological polar surface area (TPSA) is 77.4 Å². The number of hydrogen-bond donors (Lipinski definition) is 2. The summed E-state index contributed by atoms with van der Waals surface area (Å²) in [5.41, 5.74) is 3.30. The van der Waals surface area contributed by atoms with Gasteiger partial charge in [-0.2, -0.15) is 5.10 Å². The van der Waals surface area contributed by atoms with Crippen molar-refractivity contribution in [2.24, 2.45) is 0 Å². The number of aryl methyl sites for hydroxylation is 1. The van der Waals surface area contributed by atoms with Crippen LogP contribution in [0.2, 0.25) is 0 Å². The SMILES string of the molecule is CCc1c(C)sc(NC(=S)Nc2cnn(Cc3cccc(Oc4ccccc4)c3)c2)c1C(=O)OC. The summed E-state index contributed by atoms with van der Waals surface area (Å²) < 4.78 is 12.7. The number of rotatable bonds is 8. The number of methoxy groups -OCH3 is 1. The Kier molecular flexibility index (Phi) is 7.79. The third kappa shape index (κ3) is 6.06. The Morgan fingerprint density at radius 2 is 1.89 bits per heavy atom. The molecule has 180 valence electrons. The van der Waals surface area contributed by atoms with Gasteiger partial charge in [-0.1, -0.05) is 37.3 Å². The minimum Gasteiger partial charge on any atom is -0.465 e. The number of benzene rings is 2. The van der Waals surface area contributed by atoms with E-state index in [1.165, 1.54) is 18.4 Å². The molecule has 0 amide bonds. The first-order valence-corrected chi connectivity index (χ1v) is 12.3. The van der Waals surface area contributed by atoms with Crippen LogP contribution in [-0.2, 0) is 17.7 Å². The first-order chi connectivity index (χ1) is 17.0. The number of carbonyl (C=O) groups is 1. The van der Waals surface area contributed by atoms with Gasteiger partial charge in [0.05, 0.1) is 31.1 Å². The number of anilines is 2. The summed E-state index contributed by atoms with van der Waals surface area (Å²) in [4.78, 5) is 13.4. The summed E-state index contributed by atoms with van der Waals surface area (Å²) in [7, 11) is 1.38. The minimum atomic E-state index is -0.372. The number of aromatic nitrogens is 2. The van der Waals surface area contributed by atoms with Crippen molar-refractivity contribution in [3.05, 3.63) is 88.6 Å². The van der Waals surface area contributed by atoms with E-state index in [0.29, 0.717) is 22.2 Å². The van der Waals surface area contributed by atoms with Crippen molar-refractivity contribution in [1.29, 1.82) is 0 Å². The van der Waals surface area contributed by atoms with Gasteiger partial charge >= 0.3 is 5.97 Å². The van der Waals surface area contributed by atoms with Gasteiger partial charge in [0, 0.05) is 11.1 Å². The predicted octanol–water partition coefficient (Wildman–Crippen LogP) is 6.25. The molecule has 4 aromatic rings. The lowest BCUT2D eigenvalue weighted by Crippen LogP contribution is -2.20. The molecule has 4 rings (SSSR count). The second-order valence-electron chi connectivity index (χ2n) is 7.75. The maximum atomic E-state index is 12.3. The average molecular weight is 507 g/mol. The first kappa shape index (κ1) is 24.4. The summed E-state index contributed by atoms with van der Waals surface area (Å²) in [6.07, 6.45) is 4.31. The van der Waals surface area contributed by atoms with Gasteiger partial charge in [0.25, 0.3) is 0 Å². The van der Waals surface area contributed by atoms with Crippen molar-refractivity contribution in [1.82, 2.24) is 9.78 Å². The van der Waals surface area contributed by atoms with E-state index in [1.807, 2.05) is 79.3 Å². The number of carbonyl (C=O) groups excluding carboxylic acids is 1. The van der Waals surface area contributed by atoms with Gasteiger partial charge < -0.3 is 20.1 Å². The fraction of sp³-hybridized carbons (Fsp3) is 0.192. The molecule has 0 fully saturated rings. The van der Waals surface area contributed by atoms with E-state index in [2.05, 4.69) is 15.7 Å². The quantitative estimate of drug-likeness (QED) is 0.216. The molecule has 0 bridgehead atoms. The largest absolute Gasteiger partial charge is 0.465 e. The highest BCUT2D eigenvalue weighted by Gasteiger charge is 2.22. The Labute approximate surface area is 213 Å². The van der Waals surface area contributed by atoms with Crippen LogP contribution >= 0.6 is 23.6 Å². The van der Waals surface area contributed by atoms with Crippen LogP contribution in [0.3, 0.4) is 0 Å². The van der Waals surface area contributed by atoms with Crippen molar-refractivity contribution in [3.8, 4) is 11.5 Å². The normalized spacial score (nSPS) is 10.6. The van der Waals surface area contributed by atoms with Crippen LogP contribution in [-0.4, -0.2) is 28.0 Å². The molecule has 7 nitrogen and oxygen atoms in total. The summed E-state index contributed by atoms with van der Waals surface area (Å²) >= 11 is 6.97. The smallest absolute Gasteiger partial charge is 0.341 e. The molecule has 0 atom stereocenters. The number of hydrogen-bond acceptors (Lipinski definition) is 6. The summed E-state index contributed by atoms with van der Waals surface area (Å²) in [5, 5.41) is 11.8. The molecular formula is C26H26N4O3S2. The summed E-state index contributed by atoms with van der Waals surface area (Å²) in [6.45, 7) is 4.57. The number of thiocarbonyl (C=S) groups is 1. The Balaban J connectivity index is 1.40. The van der Waals surface area contributed by atoms with Crippen LogP contribution in [0.5, 0.6) is 11.5 Å². The van der Waals surface area contributed by atoms with Crippen LogP contribution in [0.1, 0.15) is 33.3 Å². The number of thiophene rings is 1. The van der Waals surface area contributed by atoms with Crippen molar-refractivity contribution in [2.45, 2.75) is 26.8 Å². The Hall–Kier alpha value is -3.69. The lowest BCUT2D eigenvalue weighted by atomic mass is 10.1. The molecule has 0 aliphatic carbocycles. The van der Waals surface area contributed by atoms with Crippen LogP contribution in [0.15, 0.2) is 67.0 Å². The van der Waals surface area contributed by atoms with E-state index < -0.39 is 0 Å². The minimum absolute atomic E-state index is 0.372. The average Bonchev–Trinajstić information content (AvgIpc) is 3.41. The van der Waals surface area contributed by atoms with Crippen LogP contribution in [0.25, 0.3) is 0 Å². The Morgan fingerprint density at radius 1 is 1.11 bits per heavy atom. The molecule has 9 heteroatoms. The van der Waals surface area contributed by atoms with E-state index in [9.17, 15) is 4.79 Å². The van der Waals surface area contributed by atoms with E-state index >= 15 is 0 Å². The summed E-state index contributed by atoms with van der Waals surface area (Å²) in [6, 6.07) is 17.6. The van der Waals surface area contributed by atoms with E-state index in [0.717, 1.165) is 39.6 Å². The molecule has 0 unspecified atom stereocenters. The van der Waals surface area contributed by atoms with Crippen LogP contribution < -0.4 is 15.4 Å². The van der Waals surface area contributed by atoms with Crippen molar-refractivity contribution in [3.63, 3.8) is 0 Å². The van der Waals surface area contributed by atoms with Crippen molar-refractivity contribution >= 4 is 45.3 Å². The zero-order valence-electron chi connectivity index (χ0n) is 19.7. The standard InChI is InChI=1S/C26H26N4O3S2/c1-4-22-17(2)35-24(23(22)25(31)32-3)29-26(34)28-19-14-27-30(16-19)15-18-9-8-12-21(13-18)33-20-10-6-5-7-11-20/h5-14,16H,4,15H2,1-3H3,(H2,28,29,34). The first-order valence-electron chi connectivity index (χ1n) is 11.1. The third-order valence-electron chi connectivity index (χ3n) is 5.29. The van der Waals surface area contributed by atoms with Gasteiger partial charge in [-0.3, -0.25) is 4.68 Å². The molecular weight excluding hydrogens is 480 g/mol. The zero-order valence-corrected chi connectivity index (χ0v) is 21.3. The second-order valence-corrected chi connectivity index (χ2v) is 9.39. The van der Waals surface area contributed by atoms with Crippen molar-refractivity contribution in [2.75, 3.05) is 17.7 Å². The van der Waals surface area contributed by atoms with Gasteiger partial charge in [-0.05, 0) is 61.0 Å². The van der Waals surface area contributed by atoms with E-state index in [-0.39, 0.29) is 5.97 Å².